The Morgan fingerprint density at radius 1 is 1.23 bits per heavy atom. The van der Waals surface area contributed by atoms with Gasteiger partial charge in [-0.05, 0) is 64.1 Å². The van der Waals surface area contributed by atoms with E-state index in [0.29, 0.717) is 44.4 Å². The minimum atomic E-state index is -0.513. The molecule has 0 radical (unpaired) electrons. The highest BCUT2D eigenvalue weighted by molar-refractivity contribution is 5.85. The Kier molecular flexibility index (Phi) is 6.24. The molecule has 1 unspecified atom stereocenters. The summed E-state index contributed by atoms with van der Waals surface area (Å²) < 4.78 is 14.6. The number of piperidine rings is 2. The Balaban J connectivity index is 0.00000253. The van der Waals surface area contributed by atoms with E-state index >= 15 is 0 Å². The number of rotatable bonds is 3. The van der Waals surface area contributed by atoms with Gasteiger partial charge in [-0.3, -0.25) is 4.98 Å². The molecule has 1 atom stereocenters. The van der Waals surface area contributed by atoms with Gasteiger partial charge in [-0.2, -0.15) is 0 Å². The zero-order chi connectivity index (χ0) is 23.5. The molecule has 3 aliphatic heterocycles. The van der Waals surface area contributed by atoms with Crippen LogP contribution >= 0.6 is 12.4 Å². The lowest BCUT2D eigenvalue weighted by Gasteiger charge is -2.44. The van der Waals surface area contributed by atoms with Gasteiger partial charge in [-0.15, -0.1) is 12.4 Å². The van der Waals surface area contributed by atoms with Crippen LogP contribution in [0.3, 0.4) is 0 Å². The lowest BCUT2D eigenvalue weighted by molar-refractivity contribution is -0.0115. The van der Waals surface area contributed by atoms with Crippen molar-refractivity contribution in [3.05, 3.63) is 29.8 Å². The summed E-state index contributed by atoms with van der Waals surface area (Å²) in [6, 6.07) is 3.91. The van der Waals surface area contributed by atoms with Crippen LogP contribution in [0, 0.1) is 5.92 Å². The SMILES string of the molecule is Cl.Cn1c(C2CCNC(C)(C)C2)nc2c1C1(CCN(C(=O)OCC3CC3)CC1)Oc1cccnc1-2. The van der Waals surface area contributed by atoms with Crippen LogP contribution in [-0.2, 0) is 17.4 Å². The predicted molar refractivity (Wildman–Crippen MR) is 135 cm³/mol. The van der Waals surface area contributed by atoms with Gasteiger partial charge < -0.3 is 24.3 Å². The number of pyridine rings is 1. The van der Waals surface area contributed by atoms with Gasteiger partial charge in [-0.25, -0.2) is 9.78 Å². The molecule has 1 N–H and O–H groups in total. The number of hydrogen-bond acceptors (Lipinski definition) is 6. The van der Waals surface area contributed by atoms with E-state index in [2.05, 4.69) is 35.8 Å². The maximum Gasteiger partial charge on any atom is 0.409 e. The molecule has 35 heavy (non-hydrogen) atoms. The second kappa shape index (κ2) is 8.96. The van der Waals surface area contributed by atoms with Crippen molar-refractivity contribution >= 4 is 18.5 Å². The van der Waals surface area contributed by atoms with Crippen LogP contribution in [0.5, 0.6) is 5.75 Å². The molecule has 2 aromatic heterocycles. The van der Waals surface area contributed by atoms with Crippen molar-refractivity contribution in [1.29, 1.82) is 0 Å². The van der Waals surface area contributed by atoms with E-state index < -0.39 is 5.60 Å². The first-order chi connectivity index (χ1) is 16.4. The number of aromatic nitrogens is 3. The molecule has 8 nitrogen and oxygen atoms in total. The summed E-state index contributed by atoms with van der Waals surface area (Å²) >= 11 is 0. The molecule has 190 valence electrons. The summed E-state index contributed by atoms with van der Waals surface area (Å²) in [5, 5.41) is 3.62. The van der Waals surface area contributed by atoms with Crippen molar-refractivity contribution in [2.75, 3.05) is 26.2 Å². The van der Waals surface area contributed by atoms with E-state index in [9.17, 15) is 4.79 Å². The van der Waals surface area contributed by atoms with Crippen molar-refractivity contribution in [2.24, 2.45) is 13.0 Å². The minimum absolute atomic E-state index is 0. The van der Waals surface area contributed by atoms with E-state index in [1.165, 1.54) is 12.8 Å². The number of imidazole rings is 1. The van der Waals surface area contributed by atoms with Gasteiger partial charge in [0.25, 0.3) is 0 Å². The third kappa shape index (κ3) is 4.40. The molecule has 4 aliphatic rings. The van der Waals surface area contributed by atoms with Crippen molar-refractivity contribution < 1.29 is 14.3 Å². The maximum absolute atomic E-state index is 12.6. The molecular weight excluding hydrogens is 466 g/mol. The smallest absolute Gasteiger partial charge is 0.409 e. The molecule has 1 amide bonds. The molecule has 9 heteroatoms. The van der Waals surface area contributed by atoms with E-state index in [-0.39, 0.29) is 24.0 Å². The lowest BCUT2D eigenvalue weighted by atomic mass is 9.83. The van der Waals surface area contributed by atoms with E-state index in [0.717, 1.165) is 48.0 Å². The van der Waals surface area contributed by atoms with Crippen LogP contribution in [-0.4, -0.2) is 57.3 Å². The Hall–Kier alpha value is -2.32. The first-order valence-electron chi connectivity index (χ1n) is 12.7. The molecule has 0 bridgehead atoms. The largest absolute Gasteiger partial charge is 0.478 e. The zero-order valence-corrected chi connectivity index (χ0v) is 21.7. The Morgan fingerprint density at radius 2 is 2.00 bits per heavy atom. The molecule has 6 rings (SSSR count). The fourth-order valence-corrected chi connectivity index (χ4v) is 6.03. The second-order valence-corrected chi connectivity index (χ2v) is 11.2. The third-order valence-electron chi connectivity index (χ3n) is 8.05. The van der Waals surface area contributed by atoms with E-state index in [1.807, 2.05) is 23.2 Å². The molecule has 2 saturated heterocycles. The van der Waals surface area contributed by atoms with Crippen LogP contribution in [0.2, 0.25) is 0 Å². The van der Waals surface area contributed by atoms with Crippen LogP contribution in [0.1, 0.15) is 69.8 Å². The zero-order valence-electron chi connectivity index (χ0n) is 20.9. The van der Waals surface area contributed by atoms with E-state index in [4.69, 9.17) is 14.5 Å². The molecule has 2 aromatic rings. The van der Waals surface area contributed by atoms with Gasteiger partial charge in [-0.1, -0.05) is 0 Å². The summed E-state index contributed by atoms with van der Waals surface area (Å²) in [7, 11) is 2.13. The second-order valence-electron chi connectivity index (χ2n) is 11.2. The van der Waals surface area contributed by atoms with E-state index in [1.54, 1.807) is 0 Å². The number of hydrogen-bond donors (Lipinski definition) is 1. The van der Waals surface area contributed by atoms with Crippen molar-refractivity contribution in [3.8, 4) is 17.1 Å². The number of halogens is 1. The predicted octanol–water partition coefficient (Wildman–Crippen LogP) is 4.38. The summed E-state index contributed by atoms with van der Waals surface area (Å²) in [5.74, 6) is 2.86. The van der Waals surface area contributed by atoms with Gasteiger partial charge >= 0.3 is 6.09 Å². The number of likely N-dealkylation sites (tertiary alicyclic amines) is 1. The van der Waals surface area contributed by atoms with Crippen LogP contribution < -0.4 is 10.1 Å². The molecule has 5 heterocycles. The highest BCUT2D eigenvalue weighted by Crippen LogP contribution is 2.49. The van der Waals surface area contributed by atoms with Gasteiger partial charge in [0.15, 0.2) is 5.60 Å². The first-order valence-corrected chi connectivity index (χ1v) is 12.7. The molecule has 0 aromatic carbocycles. The van der Waals surface area contributed by atoms with Crippen molar-refractivity contribution in [2.45, 2.75) is 69.4 Å². The highest BCUT2D eigenvalue weighted by Gasteiger charge is 2.49. The summed E-state index contributed by atoms with van der Waals surface area (Å²) in [5.41, 5.74) is 2.45. The molecule has 3 fully saturated rings. The highest BCUT2D eigenvalue weighted by atomic mass is 35.5. The van der Waals surface area contributed by atoms with Gasteiger partial charge in [0.05, 0.1) is 12.3 Å². The normalized spacial score (nSPS) is 24.1. The van der Waals surface area contributed by atoms with Gasteiger partial charge in [0.1, 0.15) is 23.0 Å². The Morgan fingerprint density at radius 3 is 2.71 bits per heavy atom. The van der Waals surface area contributed by atoms with Crippen LogP contribution in [0.4, 0.5) is 4.79 Å². The quantitative estimate of drug-likeness (QED) is 0.672. The number of fused-ring (bicyclic) bond motifs is 4. The number of ether oxygens (including phenoxy) is 2. The number of carbonyl (C=O) groups excluding carboxylic acids is 1. The molecule has 1 aliphatic carbocycles. The number of nitrogens with zero attached hydrogens (tertiary/aromatic N) is 4. The molecule has 1 saturated carbocycles. The first kappa shape index (κ1) is 24.4. The standard InChI is InChI=1S/C26H35N5O3.ClH/c1-25(2)15-18(8-12-28-25)23-29-21-20-19(5-4-11-27-20)34-26(22(21)30(23)3)9-13-31(14-10-26)24(32)33-16-17-6-7-17;/h4-5,11,17-18,28H,6-10,12-16H2,1-3H3;1H. The molecule has 1 spiro atoms. The van der Waals surface area contributed by atoms with Crippen molar-refractivity contribution in [3.63, 3.8) is 0 Å². The minimum Gasteiger partial charge on any atom is -0.478 e. The number of amides is 1. The number of nitrogens with one attached hydrogen (secondary N) is 1. The summed E-state index contributed by atoms with van der Waals surface area (Å²) in [6.07, 6.45) is 7.51. The summed E-state index contributed by atoms with van der Waals surface area (Å²) in [4.78, 5) is 24.3. The van der Waals surface area contributed by atoms with Crippen molar-refractivity contribution in [1.82, 2.24) is 24.8 Å². The maximum atomic E-state index is 12.6. The monoisotopic (exact) mass is 501 g/mol. The van der Waals surface area contributed by atoms with Gasteiger partial charge in [0, 0.05) is 50.6 Å². The average molecular weight is 502 g/mol. The lowest BCUT2D eigenvalue weighted by Crippen LogP contribution is -2.50. The Labute approximate surface area is 213 Å². The fourth-order valence-electron chi connectivity index (χ4n) is 6.03. The van der Waals surface area contributed by atoms with Crippen LogP contribution in [0.25, 0.3) is 11.4 Å². The van der Waals surface area contributed by atoms with Gasteiger partial charge in [0.2, 0.25) is 0 Å². The summed E-state index contributed by atoms with van der Waals surface area (Å²) in [6.45, 7) is 7.29. The Bertz CT molecular complexity index is 1100. The fraction of sp³-hybridized carbons (Fsp3) is 0.654. The average Bonchev–Trinajstić information content (AvgIpc) is 3.58. The van der Waals surface area contributed by atoms with Crippen LogP contribution in [0.15, 0.2) is 18.3 Å². The number of carbonyl (C=O) groups is 1. The molecular formula is C26H36ClN5O3. The third-order valence-corrected chi connectivity index (χ3v) is 8.05. The topological polar surface area (TPSA) is 81.5 Å².